The van der Waals surface area contributed by atoms with Gasteiger partial charge < -0.3 is 4.55 Å². The number of unbranched alkanes of at least 4 members (excludes halogenated alkanes) is 12. The molecule has 0 unspecified atom stereocenters. The first-order chi connectivity index (χ1) is 17.1. The van der Waals surface area contributed by atoms with Crippen molar-refractivity contribution >= 4 is 21.0 Å². The third-order valence-corrected chi connectivity index (χ3v) is 9.53. The Bertz CT molecular complexity index is 702. The van der Waals surface area contributed by atoms with E-state index in [2.05, 4.69) is 20.8 Å². The van der Waals surface area contributed by atoms with E-state index in [-0.39, 0.29) is 0 Å². The minimum Gasteiger partial charge on any atom is -0.744 e. The average molecular weight is 555 g/mol. The van der Waals surface area contributed by atoms with Gasteiger partial charge in [-0.1, -0.05) is 78.6 Å². The number of alkyl halides is 3. The lowest BCUT2D eigenvalue weighted by molar-refractivity contribution is -0.137. The van der Waals surface area contributed by atoms with Gasteiger partial charge in [-0.25, -0.2) is 8.42 Å². The number of hydrogen-bond donors (Lipinski definition) is 0. The highest BCUT2D eigenvalue weighted by atomic mass is 32.2. The number of rotatable bonds is 19. The maximum absolute atomic E-state index is 12.0. The monoisotopic (exact) mass is 554 g/mol. The zero-order chi connectivity index (χ0) is 27.3. The van der Waals surface area contributed by atoms with E-state index in [4.69, 9.17) is 0 Å². The second kappa shape index (κ2) is 21.2. The first kappa shape index (κ1) is 35.3. The van der Waals surface area contributed by atoms with E-state index < -0.39 is 26.8 Å². The van der Waals surface area contributed by atoms with Crippen molar-refractivity contribution in [3.63, 3.8) is 0 Å². The van der Waals surface area contributed by atoms with Gasteiger partial charge in [0.15, 0.2) is 0 Å². The molecule has 36 heavy (non-hydrogen) atoms. The number of halogens is 3. The van der Waals surface area contributed by atoms with E-state index in [1.54, 1.807) is 17.3 Å². The highest BCUT2D eigenvalue weighted by molar-refractivity contribution is 7.96. The summed E-state index contributed by atoms with van der Waals surface area (Å²) in [7, 11) is -3.92. The van der Waals surface area contributed by atoms with Gasteiger partial charge in [-0.15, -0.1) is 0 Å². The fourth-order valence-corrected chi connectivity index (χ4v) is 6.76. The van der Waals surface area contributed by atoms with E-state index in [9.17, 15) is 26.1 Å². The molecule has 0 fully saturated rings. The Labute approximate surface area is 222 Å². The van der Waals surface area contributed by atoms with E-state index >= 15 is 0 Å². The zero-order valence-electron chi connectivity index (χ0n) is 22.7. The highest BCUT2D eigenvalue weighted by Crippen LogP contribution is 2.29. The Morgan fingerprint density at radius 2 is 0.972 bits per heavy atom. The highest BCUT2D eigenvalue weighted by Gasteiger charge is 2.30. The van der Waals surface area contributed by atoms with Crippen molar-refractivity contribution in [3.05, 3.63) is 29.8 Å². The summed E-state index contributed by atoms with van der Waals surface area (Å²) in [6, 6.07) is 2.35. The van der Waals surface area contributed by atoms with Crippen LogP contribution in [-0.2, 0) is 27.2 Å². The smallest absolute Gasteiger partial charge is 0.416 e. The fraction of sp³-hybridized carbons (Fsp3) is 0.786. The van der Waals surface area contributed by atoms with Crippen LogP contribution in [-0.4, -0.2) is 30.2 Å². The molecule has 0 spiro atoms. The zero-order valence-corrected chi connectivity index (χ0v) is 24.3. The molecule has 0 bridgehead atoms. The molecule has 0 heterocycles. The van der Waals surface area contributed by atoms with Crippen LogP contribution >= 0.6 is 0 Å². The van der Waals surface area contributed by atoms with Crippen LogP contribution in [0.25, 0.3) is 0 Å². The summed E-state index contributed by atoms with van der Waals surface area (Å²) in [6.45, 7) is 6.95. The molecule has 1 rings (SSSR count). The molecule has 0 saturated heterocycles. The van der Waals surface area contributed by atoms with Crippen molar-refractivity contribution < 1.29 is 26.1 Å². The summed E-state index contributed by atoms with van der Waals surface area (Å²) >= 11 is 0. The van der Waals surface area contributed by atoms with Gasteiger partial charge in [0.1, 0.15) is 27.4 Å². The molecule has 0 atom stereocenters. The molecule has 0 N–H and O–H groups in total. The molecule has 212 valence electrons. The van der Waals surface area contributed by atoms with Gasteiger partial charge in [-0.05, 0) is 73.7 Å². The average Bonchev–Trinajstić information content (AvgIpc) is 2.82. The van der Waals surface area contributed by atoms with E-state index in [0.29, 0.717) is 24.3 Å². The maximum atomic E-state index is 12.0. The molecule has 0 aliphatic heterocycles. The van der Waals surface area contributed by atoms with E-state index in [1.165, 1.54) is 96.3 Å². The van der Waals surface area contributed by atoms with Gasteiger partial charge in [0.25, 0.3) is 0 Å². The van der Waals surface area contributed by atoms with Crippen LogP contribution in [0.2, 0.25) is 0 Å². The SMILES string of the molecule is CCCCCCC[S+](CCCCCCC)CCCCCCC.O=S(=O)([O-])c1ccc(C(F)(F)F)cc1. The summed E-state index contributed by atoms with van der Waals surface area (Å²) in [5.41, 5.74) is -0.995. The Hall–Kier alpha value is -0.730. The quantitative estimate of drug-likeness (QED) is 0.0973. The Morgan fingerprint density at radius 3 is 1.25 bits per heavy atom. The van der Waals surface area contributed by atoms with E-state index in [0.717, 1.165) is 10.9 Å². The maximum Gasteiger partial charge on any atom is 0.416 e. The van der Waals surface area contributed by atoms with Crippen molar-refractivity contribution in [2.24, 2.45) is 0 Å². The third-order valence-electron chi connectivity index (χ3n) is 6.08. The molecule has 3 nitrogen and oxygen atoms in total. The van der Waals surface area contributed by atoms with Gasteiger partial charge in [0.05, 0.1) is 10.5 Å². The molecular weight excluding hydrogens is 505 g/mol. The largest absolute Gasteiger partial charge is 0.744 e. The molecule has 1 aromatic carbocycles. The van der Waals surface area contributed by atoms with Crippen LogP contribution < -0.4 is 0 Å². The number of benzene rings is 1. The molecule has 1 aromatic rings. The summed E-state index contributed by atoms with van der Waals surface area (Å²) in [5, 5.41) is 0. The van der Waals surface area contributed by atoms with Gasteiger partial charge in [0, 0.05) is 0 Å². The minimum absolute atomic E-state index is 0.546. The lowest BCUT2D eigenvalue weighted by Gasteiger charge is -2.09. The van der Waals surface area contributed by atoms with Crippen molar-refractivity contribution in [1.29, 1.82) is 0 Å². The summed E-state index contributed by atoms with van der Waals surface area (Å²) in [5.74, 6) is 4.64. The lowest BCUT2D eigenvalue weighted by atomic mass is 10.2. The fourth-order valence-electron chi connectivity index (χ4n) is 3.85. The van der Waals surface area contributed by atoms with Crippen LogP contribution in [0, 0.1) is 0 Å². The van der Waals surface area contributed by atoms with Crippen LogP contribution in [0.15, 0.2) is 29.2 Å². The van der Waals surface area contributed by atoms with E-state index in [1.807, 2.05) is 0 Å². The van der Waals surface area contributed by atoms with Crippen molar-refractivity contribution in [3.8, 4) is 0 Å². The first-order valence-corrected chi connectivity index (χ1v) is 17.0. The summed E-state index contributed by atoms with van der Waals surface area (Å²) < 4.78 is 67.0. The van der Waals surface area contributed by atoms with Gasteiger partial charge in [-0.2, -0.15) is 13.2 Å². The molecular formula is C28H49F3O3S2. The minimum atomic E-state index is -4.68. The third kappa shape index (κ3) is 19.4. The first-order valence-electron chi connectivity index (χ1n) is 13.8. The van der Waals surface area contributed by atoms with Crippen LogP contribution in [0.3, 0.4) is 0 Å². The molecule has 0 aromatic heterocycles. The van der Waals surface area contributed by atoms with Gasteiger partial charge >= 0.3 is 6.18 Å². The second-order valence-electron chi connectivity index (χ2n) is 9.44. The van der Waals surface area contributed by atoms with Crippen molar-refractivity contribution in [1.82, 2.24) is 0 Å². The summed E-state index contributed by atoms with van der Waals surface area (Å²) in [4.78, 5) is -0.675. The normalized spacial score (nSPS) is 12.0. The Balaban J connectivity index is 0.000000748. The summed E-state index contributed by atoms with van der Waals surface area (Å²) in [6.07, 6.45) is 17.3. The second-order valence-corrected chi connectivity index (χ2v) is 13.3. The topological polar surface area (TPSA) is 57.2 Å². The van der Waals surface area contributed by atoms with Crippen LogP contribution in [0.5, 0.6) is 0 Å². The molecule has 0 aliphatic rings. The van der Waals surface area contributed by atoms with Crippen LogP contribution in [0.1, 0.15) is 123 Å². The van der Waals surface area contributed by atoms with Crippen molar-refractivity contribution in [2.75, 3.05) is 17.3 Å². The van der Waals surface area contributed by atoms with Gasteiger partial charge in [0.2, 0.25) is 0 Å². The lowest BCUT2D eigenvalue weighted by Crippen LogP contribution is -2.17. The molecule has 0 radical (unpaired) electrons. The van der Waals surface area contributed by atoms with Gasteiger partial charge in [-0.3, -0.25) is 0 Å². The number of hydrogen-bond acceptors (Lipinski definition) is 3. The Kier molecular flexibility index (Phi) is 20.8. The Morgan fingerprint density at radius 1 is 0.639 bits per heavy atom. The standard InChI is InChI=1S/C21H45S.C7H5F3O3S/c1-4-7-10-13-16-19-22(20-17-14-11-8-5-2)21-18-15-12-9-6-3;8-7(9,10)5-1-3-6(4-2-5)14(11,12)13/h4-21H2,1-3H3;1-4H,(H,11,12,13)/q+1;/p-1. The molecule has 0 aliphatic carbocycles. The molecule has 8 heteroatoms. The van der Waals surface area contributed by atoms with Crippen molar-refractivity contribution in [2.45, 2.75) is 128 Å². The molecule has 0 amide bonds. The van der Waals surface area contributed by atoms with Crippen LogP contribution in [0.4, 0.5) is 13.2 Å². The predicted molar refractivity (Wildman–Crippen MR) is 148 cm³/mol. The molecule has 0 saturated carbocycles. The predicted octanol–water partition coefficient (Wildman–Crippen LogP) is 9.13.